The number of ether oxygens (including phenoxy) is 2. The summed E-state index contributed by atoms with van der Waals surface area (Å²) in [5, 5.41) is 20.2. The van der Waals surface area contributed by atoms with Gasteiger partial charge in [0.2, 0.25) is 5.65 Å². The highest BCUT2D eigenvalue weighted by atomic mass is 16.5. The number of benzene rings is 2. The highest BCUT2D eigenvalue weighted by molar-refractivity contribution is 5.86. The van der Waals surface area contributed by atoms with Crippen LogP contribution in [0.1, 0.15) is 5.69 Å². The Kier molecular flexibility index (Phi) is 4.99. The molecule has 0 spiro atoms. The van der Waals surface area contributed by atoms with Gasteiger partial charge in [-0.25, -0.2) is 4.98 Å². The van der Waals surface area contributed by atoms with Crippen LogP contribution < -0.4 is 15.0 Å². The summed E-state index contributed by atoms with van der Waals surface area (Å²) in [6.07, 6.45) is 3.60. The summed E-state index contributed by atoms with van der Waals surface area (Å²) < 4.78 is 13.0. The lowest BCUT2D eigenvalue weighted by Crippen LogP contribution is -2.36. The van der Waals surface area contributed by atoms with E-state index in [9.17, 15) is 0 Å². The molecule has 2 N–H and O–H groups in total. The van der Waals surface area contributed by atoms with Crippen molar-refractivity contribution in [2.24, 2.45) is 0 Å². The predicted molar refractivity (Wildman–Crippen MR) is 130 cm³/mol. The third-order valence-corrected chi connectivity index (χ3v) is 6.12. The summed E-state index contributed by atoms with van der Waals surface area (Å²) in [7, 11) is 1.69. The monoisotopic (exact) mass is 456 g/mol. The lowest BCUT2D eigenvalue weighted by molar-refractivity contribution is 0.122. The maximum absolute atomic E-state index is 5.70. The van der Waals surface area contributed by atoms with Gasteiger partial charge in [-0.1, -0.05) is 12.1 Å². The van der Waals surface area contributed by atoms with Crippen LogP contribution in [-0.2, 0) is 4.74 Å². The van der Waals surface area contributed by atoms with Crippen LogP contribution in [0.25, 0.3) is 27.8 Å². The minimum absolute atomic E-state index is 0.608. The van der Waals surface area contributed by atoms with Gasteiger partial charge >= 0.3 is 0 Å². The lowest BCUT2D eigenvalue weighted by Gasteiger charge is -2.30. The van der Waals surface area contributed by atoms with Crippen LogP contribution in [0.3, 0.4) is 0 Å². The SMILES string of the molecule is COc1cc(Nc2nc(-c3ccc4c(C)n[nH]c4c3)cn3cnnc23)ccc1N1CCOCC1. The van der Waals surface area contributed by atoms with E-state index in [1.807, 2.05) is 35.7 Å². The van der Waals surface area contributed by atoms with Gasteiger partial charge in [0.1, 0.15) is 12.1 Å². The van der Waals surface area contributed by atoms with E-state index in [0.29, 0.717) is 24.7 Å². The minimum atomic E-state index is 0.608. The molecule has 1 fully saturated rings. The Morgan fingerprint density at radius 3 is 2.85 bits per heavy atom. The molecule has 10 heteroatoms. The van der Waals surface area contributed by atoms with Crippen molar-refractivity contribution in [1.82, 2.24) is 29.8 Å². The predicted octanol–water partition coefficient (Wildman–Crippen LogP) is 3.56. The lowest BCUT2D eigenvalue weighted by atomic mass is 10.1. The van der Waals surface area contributed by atoms with Crippen molar-refractivity contribution in [3.63, 3.8) is 0 Å². The van der Waals surface area contributed by atoms with Crippen LogP contribution in [0.2, 0.25) is 0 Å². The van der Waals surface area contributed by atoms with Crippen molar-refractivity contribution >= 4 is 33.7 Å². The molecule has 5 aromatic rings. The fourth-order valence-corrected chi connectivity index (χ4v) is 4.33. The molecule has 1 saturated heterocycles. The van der Waals surface area contributed by atoms with E-state index in [1.165, 1.54) is 0 Å². The molecule has 6 rings (SSSR count). The molecule has 172 valence electrons. The Hall–Kier alpha value is -4.18. The van der Waals surface area contributed by atoms with E-state index in [0.717, 1.165) is 58.1 Å². The molecule has 0 aliphatic carbocycles. The van der Waals surface area contributed by atoms with Gasteiger partial charge in [0, 0.05) is 42.0 Å². The van der Waals surface area contributed by atoms with Crippen molar-refractivity contribution in [1.29, 1.82) is 0 Å². The van der Waals surface area contributed by atoms with Crippen molar-refractivity contribution < 1.29 is 9.47 Å². The Balaban J connectivity index is 1.37. The molecule has 3 aromatic heterocycles. The smallest absolute Gasteiger partial charge is 0.203 e. The van der Waals surface area contributed by atoms with E-state index in [4.69, 9.17) is 14.5 Å². The summed E-state index contributed by atoms with van der Waals surface area (Å²) >= 11 is 0. The molecular weight excluding hydrogens is 432 g/mol. The number of aromatic nitrogens is 6. The number of rotatable bonds is 5. The summed E-state index contributed by atoms with van der Waals surface area (Å²) in [5.74, 6) is 1.40. The number of anilines is 3. The van der Waals surface area contributed by atoms with E-state index >= 15 is 0 Å². The second kappa shape index (κ2) is 8.31. The molecule has 0 atom stereocenters. The maximum atomic E-state index is 5.70. The molecule has 0 amide bonds. The number of fused-ring (bicyclic) bond motifs is 2. The molecule has 10 nitrogen and oxygen atoms in total. The fourth-order valence-electron chi connectivity index (χ4n) is 4.33. The summed E-state index contributed by atoms with van der Waals surface area (Å²) in [6, 6.07) is 12.2. The van der Waals surface area contributed by atoms with E-state index in [1.54, 1.807) is 13.4 Å². The highest BCUT2D eigenvalue weighted by Crippen LogP contribution is 2.34. The zero-order chi connectivity index (χ0) is 23.1. The number of nitrogens with one attached hydrogen (secondary N) is 2. The van der Waals surface area contributed by atoms with Crippen LogP contribution in [0.4, 0.5) is 17.2 Å². The first-order valence-corrected chi connectivity index (χ1v) is 11.1. The van der Waals surface area contributed by atoms with Gasteiger partial charge in [-0.05, 0) is 25.1 Å². The number of hydrogen-bond donors (Lipinski definition) is 2. The Labute approximate surface area is 195 Å². The molecule has 1 aliphatic rings. The van der Waals surface area contributed by atoms with Crippen molar-refractivity contribution in [3.8, 4) is 17.0 Å². The largest absolute Gasteiger partial charge is 0.495 e. The molecular formula is C24H24N8O2. The normalized spacial score (nSPS) is 14.1. The third-order valence-electron chi connectivity index (χ3n) is 6.12. The van der Waals surface area contributed by atoms with Crippen LogP contribution >= 0.6 is 0 Å². The molecule has 0 saturated carbocycles. The van der Waals surface area contributed by atoms with E-state index in [2.05, 4.69) is 48.8 Å². The number of methoxy groups -OCH3 is 1. The minimum Gasteiger partial charge on any atom is -0.495 e. The number of hydrogen-bond acceptors (Lipinski definition) is 8. The van der Waals surface area contributed by atoms with E-state index < -0.39 is 0 Å². The zero-order valence-electron chi connectivity index (χ0n) is 18.9. The first kappa shape index (κ1) is 20.4. The second-order valence-electron chi connectivity index (χ2n) is 8.22. The van der Waals surface area contributed by atoms with Gasteiger partial charge in [-0.3, -0.25) is 9.50 Å². The molecule has 34 heavy (non-hydrogen) atoms. The van der Waals surface area contributed by atoms with Crippen molar-refractivity contribution in [2.75, 3.05) is 43.6 Å². The average Bonchev–Trinajstić information content (AvgIpc) is 3.51. The van der Waals surface area contributed by atoms with Gasteiger partial charge in [-0.15, -0.1) is 10.2 Å². The van der Waals surface area contributed by atoms with Crippen LogP contribution in [0.15, 0.2) is 48.9 Å². The fraction of sp³-hybridized carbons (Fsp3) is 0.250. The topological polar surface area (TPSA) is 105 Å². The van der Waals surface area contributed by atoms with Crippen molar-refractivity contribution in [2.45, 2.75) is 6.92 Å². The first-order valence-electron chi connectivity index (χ1n) is 11.1. The van der Waals surface area contributed by atoms with Crippen LogP contribution in [0, 0.1) is 6.92 Å². The van der Waals surface area contributed by atoms with Gasteiger partial charge < -0.3 is 19.7 Å². The van der Waals surface area contributed by atoms with Crippen LogP contribution in [0.5, 0.6) is 5.75 Å². The maximum Gasteiger partial charge on any atom is 0.203 e. The second-order valence-corrected chi connectivity index (χ2v) is 8.22. The van der Waals surface area contributed by atoms with Gasteiger partial charge in [0.15, 0.2) is 5.82 Å². The van der Waals surface area contributed by atoms with Crippen molar-refractivity contribution in [3.05, 3.63) is 54.6 Å². The Morgan fingerprint density at radius 2 is 2.00 bits per heavy atom. The van der Waals surface area contributed by atoms with Crippen LogP contribution in [-0.4, -0.2) is 63.2 Å². The standard InChI is InChI=1S/C24H24N8O2/c1-15-18-5-3-16(11-19(18)29-28-15)20-13-32-14-25-30-24(32)23(27-20)26-17-4-6-21(22(12-17)33-2)31-7-9-34-10-8-31/h3-6,11-14H,7-10H2,1-2H3,(H,26,27)(H,28,29). The molecule has 0 bridgehead atoms. The Bertz CT molecular complexity index is 1490. The van der Waals surface area contributed by atoms with Gasteiger partial charge in [0.25, 0.3) is 0 Å². The molecule has 2 aromatic carbocycles. The average molecular weight is 457 g/mol. The molecule has 1 aliphatic heterocycles. The highest BCUT2D eigenvalue weighted by Gasteiger charge is 2.17. The number of H-pyrrole nitrogens is 1. The number of aryl methyl sites for hydroxylation is 1. The van der Waals surface area contributed by atoms with Gasteiger partial charge in [0.05, 0.1) is 42.9 Å². The molecule has 0 unspecified atom stereocenters. The summed E-state index contributed by atoms with van der Waals surface area (Å²) in [5.41, 5.74) is 6.24. The quantitative estimate of drug-likeness (QED) is 0.414. The number of nitrogens with zero attached hydrogens (tertiary/aromatic N) is 6. The third kappa shape index (κ3) is 3.57. The molecule has 0 radical (unpaired) electrons. The zero-order valence-corrected chi connectivity index (χ0v) is 18.9. The van der Waals surface area contributed by atoms with E-state index in [-0.39, 0.29) is 0 Å². The molecule has 4 heterocycles. The van der Waals surface area contributed by atoms with Gasteiger partial charge in [-0.2, -0.15) is 5.10 Å². The summed E-state index contributed by atoms with van der Waals surface area (Å²) in [4.78, 5) is 7.16. The first-order chi connectivity index (χ1) is 16.7. The number of aromatic amines is 1. The number of morpholine rings is 1. The Morgan fingerprint density at radius 1 is 1.12 bits per heavy atom. The summed E-state index contributed by atoms with van der Waals surface area (Å²) in [6.45, 7) is 5.10.